The number of aromatic nitrogens is 2. The van der Waals surface area contributed by atoms with E-state index >= 15 is 0 Å². The predicted octanol–water partition coefficient (Wildman–Crippen LogP) is 2.70. The first-order valence-corrected chi connectivity index (χ1v) is 11.3. The highest BCUT2D eigenvalue weighted by atomic mass is 16.5. The largest absolute Gasteiger partial charge is 0.493 e. The monoisotopic (exact) mass is 440 g/mol. The van der Waals surface area contributed by atoms with Gasteiger partial charge in [-0.05, 0) is 45.7 Å². The van der Waals surface area contributed by atoms with Crippen molar-refractivity contribution in [1.29, 1.82) is 0 Å². The number of carbonyl (C=O) groups is 2. The number of ether oxygens (including phenoxy) is 2. The molecule has 1 N–H and O–H groups in total. The number of piperidine rings is 1. The number of rotatable bonds is 5. The molecule has 1 fully saturated rings. The van der Waals surface area contributed by atoms with Crippen LogP contribution in [0.2, 0.25) is 0 Å². The molecular formula is C24H32N4O4. The predicted molar refractivity (Wildman–Crippen MR) is 120 cm³/mol. The Kier molecular flexibility index (Phi) is 6.24. The molecule has 32 heavy (non-hydrogen) atoms. The van der Waals surface area contributed by atoms with Gasteiger partial charge in [0.1, 0.15) is 5.75 Å². The summed E-state index contributed by atoms with van der Waals surface area (Å²) in [6, 6.07) is 7.45. The summed E-state index contributed by atoms with van der Waals surface area (Å²) in [5.41, 5.74) is 2.64. The molecule has 0 saturated carbocycles. The summed E-state index contributed by atoms with van der Waals surface area (Å²) < 4.78 is 13.8. The molecule has 1 aromatic carbocycles. The smallest absolute Gasteiger partial charge is 0.272 e. The minimum Gasteiger partial charge on any atom is -0.493 e. The summed E-state index contributed by atoms with van der Waals surface area (Å²) in [5, 5.41) is 7.40. The van der Waals surface area contributed by atoms with Gasteiger partial charge in [-0.1, -0.05) is 12.1 Å². The summed E-state index contributed by atoms with van der Waals surface area (Å²) in [6.45, 7) is 7.90. The Balaban J connectivity index is 1.46. The van der Waals surface area contributed by atoms with Crippen LogP contribution in [0.15, 0.2) is 24.3 Å². The van der Waals surface area contributed by atoms with Gasteiger partial charge >= 0.3 is 0 Å². The molecule has 0 aliphatic carbocycles. The lowest BCUT2D eigenvalue weighted by Crippen LogP contribution is -2.50. The standard InChI is InChI=1S/C24H32N4O4/c1-5-31-20-9-7-6-8-17(20)23(30)28-12-10-24(11-13-28)14-19-18(15-32-24)21(26-27(19)4)22(29)25-16(2)3/h6-9,16H,5,10-15H2,1-4H3,(H,25,29). The molecule has 2 aliphatic heterocycles. The zero-order chi connectivity index (χ0) is 22.9. The Morgan fingerprint density at radius 1 is 1.25 bits per heavy atom. The van der Waals surface area contributed by atoms with Crippen LogP contribution in [0, 0.1) is 0 Å². The van der Waals surface area contributed by atoms with Gasteiger partial charge in [0, 0.05) is 43.9 Å². The number of para-hydroxylation sites is 1. The van der Waals surface area contributed by atoms with Gasteiger partial charge in [0.25, 0.3) is 11.8 Å². The maximum Gasteiger partial charge on any atom is 0.272 e. The van der Waals surface area contributed by atoms with Gasteiger partial charge < -0.3 is 19.7 Å². The molecule has 1 aromatic heterocycles. The number of likely N-dealkylation sites (tertiary alicyclic amines) is 1. The summed E-state index contributed by atoms with van der Waals surface area (Å²) in [4.78, 5) is 27.6. The number of hydrogen-bond acceptors (Lipinski definition) is 5. The number of aryl methyl sites for hydroxylation is 1. The molecule has 2 aromatic rings. The third-order valence-corrected chi connectivity index (χ3v) is 6.30. The highest BCUT2D eigenvalue weighted by Gasteiger charge is 2.42. The highest BCUT2D eigenvalue weighted by Crippen LogP contribution is 2.37. The van der Waals surface area contributed by atoms with Crippen LogP contribution >= 0.6 is 0 Å². The van der Waals surface area contributed by atoms with Crippen LogP contribution in [0.25, 0.3) is 0 Å². The molecule has 172 valence electrons. The van der Waals surface area contributed by atoms with Crippen LogP contribution in [-0.2, 0) is 24.8 Å². The molecule has 2 aliphatic rings. The summed E-state index contributed by atoms with van der Waals surface area (Å²) in [6.07, 6.45) is 2.18. The van der Waals surface area contributed by atoms with E-state index in [0.29, 0.717) is 49.7 Å². The number of carbonyl (C=O) groups excluding carboxylic acids is 2. The Bertz CT molecular complexity index is 1010. The maximum atomic E-state index is 13.1. The fraction of sp³-hybridized carbons (Fsp3) is 0.542. The lowest BCUT2D eigenvalue weighted by atomic mass is 9.83. The molecule has 4 rings (SSSR count). The Hall–Kier alpha value is -2.87. The third kappa shape index (κ3) is 4.24. The summed E-state index contributed by atoms with van der Waals surface area (Å²) >= 11 is 0. The molecule has 1 spiro atoms. The second-order valence-electron chi connectivity index (χ2n) is 8.90. The van der Waals surface area contributed by atoms with Crippen molar-refractivity contribution in [3.63, 3.8) is 0 Å². The molecule has 2 amide bonds. The topological polar surface area (TPSA) is 85.7 Å². The van der Waals surface area contributed by atoms with Crippen LogP contribution in [0.1, 0.15) is 65.7 Å². The lowest BCUT2D eigenvalue weighted by Gasteiger charge is -2.44. The molecule has 0 unspecified atom stereocenters. The van der Waals surface area contributed by atoms with E-state index in [1.165, 1.54) is 0 Å². The van der Waals surface area contributed by atoms with Gasteiger partial charge in [-0.15, -0.1) is 0 Å². The van der Waals surface area contributed by atoms with E-state index in [9.17, 15) is 9.59 Å². The van der Waals surface area contributed by atoms with Crippen molar-refractivity contribution in [3.8, 4) is 5.75 Å². The molecule has 8 nitrogen and oxygen atoms in total. The first-order valence-electron chi connectivity index (χ1n) is 11.3. The van der Waals surface area contributed by atoms with E-state index in [2.05, 4.69) is 10.4 Å². The second-order valence-corrected chi connectivity index (χ2v) is 8.90. The molecule has 0 bridgehead atoms. The number of nitrogens with zero attached hydrogens (tertiary/aromatic N) is 3. The Labute approximate surface area is 188 Å². The Morgan fingerprint density at radius 3 is 2.66 bits per heavy atom. The van der Waals surface area contributed by atoms with Crippen molar-refractivity contribution in [3.05, 3.63) is 46.8 Å². The van der Waals surface area contributed by atoms with Crippen LogP contribution < -0.4 is 10.1 Å². The van der Waals surface area contributed by atoms with Gasteiger partial charge in [-0.2, -0.15) is 5.10 Å². The number of amides is 2. The molecule has 1 saturated heterocycles. The van der Waals surface area contributed by atoms with Gasteiger partial charge in [-0.3, -0.25) is 14.3 Å². The van der Waals surface area contributed by atoms with Crippen LogP contribution in [0.5, 0.6) is 5.75 Å². The van der Waals surface area contributed by atoms with Crippen molar-refractivity contribution in [2.75, 3.05) is 19.7 Å². The number of fused-ring (bicyclic) bond motifs is 1. The maximum absolute atomic E-state index is 13.1. The quantitative estimate of drug-likeness (QED) is 0.773. The van der Waals surface area contributed by atoms with Crippen LogP contribution in [0.3, 0.4) is 0 Å². The first-order chi connectivity index (χ1) is 15.3. The normalized spacial score (nSPS) is 17.3. The van der Waals surface area contributed by atoms with E-state index in [1.54, 1.807) is 0 Å². The number of hydrogen-bond donors (Lipinski definition) is 1. The van der Waals surface area contributed by atoms with Gasteiger partial charge in [0.15, 0.2) is 5.69 Å². The van der Waals surface area contributed by atoms with Gasteiger partial charge in [-0.25, -0.2) is 0 Å². The SMILES string of the molecule is CCOc1ccccc1C(=O)N1CCC2(CC1)Cc1c(c(C(=O)NC(C)C)nn1C)CO2. The zero-order valence-electron chi connectivity index (χ0n) is 19.3. The van der Waals surface area contributed by atoms with E-state index in [0.717, 1.165) is 24.1 Å². The number of nitrogens with one attached hydrogen (secondary N) is 1. The van der Waals surface area contributed by atoms with E-state index < -0.39 is 0 Å². The molecule has 0 radical (unpaired) electrons. The fourth-order valence-electron chi connectivity index (χ4n) is 4.60. The van der Waals surface area contributed by atoms with Gasteiger partial charge in [0.05, 0.1) is 24.4 Å². The number of benzene rings is 1. The minimum atomic E-state index is -0.331. The van der Waals surface area contributed by atoms with Gasteiger partial charge in [0.2, 0.25) is 0 Å². The first kappa shape index (κ1) is 22.3. The lowest BCUT2D eigenvalue weighted by molar-refractivity contribution is -0.0990. The highest BCUT2D eigenvalue weighted by molar-refractivity contribution is 5.97. The molecule has 3 heterocycles. The molecule has 8 heteroatoms. The molecular weight excluding hydrogens is 408 g/mol. The summed E-state index contributed by atoms with van der Waals surface area (Å²) in [7, 11) is 1.88. The van der Waals surface area contributed by atoms with Crippen molar-refractivity contribution < 1.29 is 19.1 Å². The fourth-order valence-corrected chi connectivity index (χ4v) is 4.60. The Morgan fingerprint density at radius 2 is 1.97 bits per heavy atom. The second kappa shape index (κ2) is 8.94. The van der Waals surface area contributed by atoms with E-state index in [-0.39, 0.29) is 23.5 Å². The third-order valence-electron chi connectivity index (χ3n) is 6.30. The minimum absolute atomic E-state index is 0.00595. The van der Waals surface area contributed by atoms with Crippen molar-refractivity contribution >= 4 is 11.8 Å². The van der Waals surface area contributed by atoms with E-state index in [1.807, 2.05) is 61.7 Å². The zero-order valence-corrected chi connectivity index (χ0v) is 19.3. The average molecular weight is 441 g/mol. The van der Waals surface area contributed by atoms with Crippen LogP contribution in [-0.4, -0.2) is 57.8 Å². The molecule has 0 atom stereocenters. The summed E-state index contributed by atoms with van der Waals surface area (Å²) in [5.74, 6) is 0.458. The van der Waals surface area contributed by atoms with Crippen molar-refractivity contribution in [2.24, 2.45) is 7.05 Å². The van der Waals surface area contributed by atoms with E-state index in [4.69, 9.17) is 9.47 Å². The van der Waals surface area contributed by atoms with Crippen molar-refractivity contribution in [2.45, 2.75) is 58.3 Å². The van der Waals surface area contributed by atoms with Crippen molar-refractivity contribution in [1.82, 2.24) is 20.0 Å². The van der Waals surface area contributed by atoms with Crippen LogP contribution in [0.4, 0.5) is 0 Å². The average Bonchev–Trinajstić information content (AvgIpc) is 3.10.